The van der Waals surface area contributed by atoms with Crippen LogP contribution in [0, 0.1) is 12.7 Å². The molecule has 2 aromatic carbocycles. The number of methoxy groups -OCH3 is 1. The lowest BCUT2D eigenvalue weighted by molar-refractivity contribution is 0.413. The van der Waals surface area contributed by atoms with Crippen LogP contribution in [0.5, 0.6) is 5.75 Å². The molecule has 2 aromatic heterocycles. The van der Waals surface area contributed by atoms with Gasteiger partial charge in [-0.2, -0.15) is 5.10 Å². The molecule has 2 N–H and O–H groups in total. The topological polar surface area (TPSA) is 83.8 Å². The summed E-state index contributed by atoms with van der Waals surface area (Å²) in [6.45, 7) is 2.76. The van der Waals surface area contributed by atoms with E-state index in [4.69, 9.17) is 15.5 Å². The average Bonchev–Trinajstić information content (AvgIpc) is 3.43. The molecule has 4 aromatic rings. The summed E-state index contributed by atoms with van der Waals surface area (Å²) < 4.78 is 23.0. The molecule has 168 valence electrons. The predicted octanol–water partition coefficient (Wildman–Crippen LogP) is 4.60. The fraction of sp³-hybridized carbons (Fsp3) is 0.240. The maximum atomic E-state index is 13.5. The van der Waals surface area contributed by atoms with Crippen molar-refractivity contribution in [3.8, 4) is 11.4 Å². The van der Waals surface area contributed by atoms with Crippen molar-refractivity contribution in [2.24, 2.45) is 0 Å². The first-order chi connectivity index (χ1) is 16.0. The first kappa shape index (κ1) is 20.9. The zero-order chi connectivity index (χ0) is 22.9. The van der Waals surface area contributed by atoms with Gasteiger partial charge in [-0.3, -0.25) is 0 Å². The van der Waals surface area contributed by atoms with Crippen molar-refractivity contribution >= 4 is 17.8 Å². The van der Waals surface area contributed by atoms with Crippen LogP contribution >= 0.6 is 0 Å². The lowest BCUT2D eigenvalue weighted by Crippen LogP contribution is -2.19. The number of ether oxygens (including phenoxy) is 1. The Morgan fingerprint density at radius 2 is 2.06 bits per heavy atom. The maximum Gasteiger partial charge on any atom is 0.174 e. The molecule has 8 heteroatoms. The zero-order valence-electron chi connectivity index (χ0n) is 18.6. The van der Waals surface area contributed by atoms with Gasteiger partial charge in [0.15, 0.2) is 5.82 Å². The van der Waals surface area contributed by atoms with E-state index in [-0.39, 0.29) is 11.7 Å². The van der Waals surface area contributed by atoms with Crippen LogP contribution in [-0.4, -0.2) is 31.4 Å². The maximum absolute atomic E-state index is 13.5. The Balaban J connectivity index is 1.42. The van der Waals surface area contributed by atoms with Crippen LogP contribution in [-0.2, 0) is 6.54 Å². The second-order valence-corrected chi connectivity index (χ2v) is 8.21. The second-order valence-electron chi connectivity index (χ2n) is 8.21. The Morgan fingerprint density at radius 3 is 2.82 bits per heavy atom. The number of fused-ring (bicyclic) bond motifs is 1. The number of nitrogens with zero attached hydrogens (tertiary/aromatic N) is 5. The van der Waals surface area contributed by atoms with Gasteiger partial charge in [0.2, 0.25) is 0 Å². The van der Waals surface area contributed by atoms with Crippen molar-refractivity contribution in [3.63, 3.8) is 0 Å². The van der Waals surface area contributed by atoms with Gasteiger partial charge in [-0.05, 0) is 61.2 Å². The van der Waals surface area contributed by atoms with Gasteiger partial charge in [0, 0.05) is 24.3 Å². The second kappa shape index (κ2) is 8.54. The van der Waals surface area contributed by atoms with Crippen molar-refractivity contribution in [1.29, 1.82) is 0 Å². The van der Waals surface area contributed by atoms with Crippen LogP contribution in [0.15, 0.2) is 48.9 Å². The number of hydrogen-bond donors (Lipinski definition) is 1. The Morgan fingerprint density at radius 1 is 1.18 bits per heavy atom. The summed E-state index contributed by atoms with van der Waals surface area (Å²) in [5, 5.41) is 4.66. The highest BCUT2D eigenvalue weighted by atomic mass is 19.1. The minimum atomic E-state index is -0.332. The molecule has 0 aliphatic carbocycles. The molecule has 3 heterocycles. The number of nitrogens with two attached hydrogens (primary N) is 1. The van der Waals surface area contributed by atoms with Crippen LogP contribution in [0.4, 0.5) is 10.1 Å². The normalized spacial score (nSPS) is 15.7. The average molecular weight is 445 g/mol. The molecule has 0 saturated heterocycles. The molecular formula is C25H25FN6O. The molecular weight excluding hydrogens is 419 g/mol. The first-order valence-corrected chi connectivity index (χ1v) is 10.9. The number of imidazole rings is 1. The van der Waals surface area contributed by atoms with Crippen LogP contribution in [0.2, 0.25) is 0 Å². The molecule has 0 radical (unpaired) electrons. The lowest BCUT2D eigenvalue weighted by Gasteiger charge is -2.23. The van der Waals surface area contributed by atoms with Gasteiger partial charge in [-0.1, -0.05) is 18.2 Å². The number of benzene rings is 2. The Bertz CT molecular complexity index is 1340. The molecule has 5 rings (SSSR count). The van der Waals surface area contributed by atoms with Gasteiger partial charge < -0.3 is 15.0 Å². The summed E-state index contributed by atoms with van der Waals surface area (Å²) in [5.74, 6) is 1.92. The number of nitrogen functional groups attached to an aromatic ring is 1. The molecule has 0 bridgehead atoms. The number of aryl methyl sites for hydroxylation is 2. The van der Waals surface area contributed by atoms with Gasteiger partial charge in [0.25, 0.3) is 0 Å². The van der Waals surface area contributed by atoms with E-state index in [9.17, 15) is 4.39 Å². The monoisotopic (exact) mass is 444 g/mol. The summed E-state index contributed by atoms with van der Waals surface area (Å²) in [5.41, 5.74) is 10.3. The third-order valence-electron chi connectivity index (χ3n) is 5.93. The molecule has 1 atom stereocenters. The fourth-order valence-corrected chi connectivity index (χ4v) is 4.33. The van der Waals surface area contributed by atoms with Gasteiger partial charge >= 0.3 is 0 Å². The van der Waals surface area contributed by atoms with Crippen LogP contribution in [0.25, 0.3) is 17.8 Å². The van der Waals surface area contributed by atoms with E-state index >= 15 is 0 Å². The summed E-state index contributed by atoms with van der Waals surface area (Å²) >= 11 is 0. The zero-order valence-corrected chi connectivity index (χ0v) is 18.6. The molecule has 1 aliphatic heterocycles. The van der Waals surface area contributed by atoms with Crippen molar-refractivity contribution in [1.82, 2.24) is 24.3 Å². The number of anilines is 1. The third-order valence-corrected chi connectivity index (χ3v) is 5.93. The van der Waals surface area contributed by atoms with Crippen LogP contribution in [0.1, 0.15) is 47.2 Å². The number of halogens is 1. The fourth-order valence-electron chi connectivity index (χ4n) is 4.33. The minimum absolute atomic E-state index is 0.00649. The molecule has 0 saturated carbocycles. The highest BCUT2D eigenvalue weighted by Crippen LogP contribution is 2.35. The van der Waals surface area contributed by atoms with Crippen LogP contribution < -0.4 is 10.5 Å². The minimum Gasteiger partial charge on any atom is -0.495 e. The van der Waals surface area contributed by atoms with Crippen molar-refractivity contribution in [2.75, 3.05) is 12.8 Å². The summed E-state index contributed by atoms with van der Waals surface area (Å²) in [7, 11) is 1.66. The highest BCUT2D eigenvalue weighted by Gasteiger charge is 2.27. The lowest BCUT2D eigenvalue weighted by atomic mass is 9.90. The van der Waals surface area contributed by atoms with E-state index in [0.29, 0.717) is 11.5 Å². The van der Waals surface area contributed by atoms with Crippen molar-refractivity contribution in [2.45, 2.75) is 32.2 Å². The van der Waals surface area contributed by atoms with Gasteiger partial charge in [0.1, 0.15) is 17.4 Å². The first-order valence-electron chi connectivity index (χ1n) is 10.9. The van der Waals surface area contributed by atoms with Crippen LogP contribution in [0.3, 0.4) is 0 Å². The van der Waals surface area contributed by atoms with E-state index in [1.165, 1.54) is 12.1 Å². The summed E-state index contributed by atoms with van der Waals surface area (Å²) in [6.07, 6.45) is 9.46. The van der Waals surface area contributed by atoms with E-state index in [1.807, 2.05) is 52.7 Å². The van der Waals surface area contributed by atoms with Gasteiger partial charge in [-0.25, -0.2) is 19.0 Å². The molecule has 0 spiro atoms. The molecule has 0 amide bonds. The van der Waals surface area contributed by atoms with E-state index in [1.54, 1.807) is 19.5 Å². The molecule has 1 aliphatic rings. The summed E-state index contributed by atoms with van der Waals surface area (Å²) in [4.78, 5) is 9.05. The molecule has 7 nitrogen and oxygen atoms in total. The number of hydrogen-bond acceptors (Lipinski definition) is 5. The van der Waals surface area contributed by atoms with E-state index < -0.39 is 0 Å². The predicted molar refractivity (Wildman–Crippen MR) is 126 cm³/mol. The Hall–Kier alpha value is -3.94. The van der Waals surface area contributed by atoms with Crippen molar-refractivity contribution in [3.05, 3.63) is 83.2 Å². The van der Waals surface area contributed by atoms with Crippen molar-refractivity contribution < 1.29 is 9.13 Å². The standard InChI is InChI=1S/C25H25FN6O/c1-16-14-31(15-28-16)22-9-5-17(12-23(22)33-2)6-10-24-29-25-20(4-3-11-32(25)30-24)19-8-7-18(26)13-21(19)27/h5-10,12-15,20H,3-4,11,27H2,1-2H3/b10-6+/t20-/m1/s1. The van der Waals surface area contributed by atoms with E-state index in [2.05, 4.69) is 10.1 Å². The SMILES string of the molecule is COc1cc(/C=C/c2nc3n(n2)CCC[C@@H]3c2ccc(F)cc2N)ccc1-n1cnc(C)c1. The largest absolute Gasteiger partial charge is 0.495 e. The smallest absolute Gasteiger partial charge is 0.174 e. The Labute approximate surface area is 191 Å². The van der Waals surface area contributed by atoms with E-state index in [0.717, 1.165) is 53.5 Å². The molecule has 0 fully saturated rings. The van der Waals surface area contributed by atoms with Gasteiger partial charge in [-0.15, -0.1) is 0 Å². The molecule has 33 heavy (non-hydrogen) atoms. The third kappa shape index (κ3) is 4.11. The number of aromatic nitrogens is 5. The van der Waals surface area contributed by atoms with Gasteiger partial charge in [0.05, 0.1) is 24.8 Å². The number of rotatable bonds is 5. The highest BCUT2D eigenvalue weighted by molar-refractivity contribution is 5.69. The quantitative estimate of drug-likeness (QED) is 0.455. The Kier molecular flexibility index (Phi) is 5.42. The summed E-state index contributed by atoms with van der Waals surface area (Å²) in [6, 6.07) is 10.6. The molecule has 0 unspecified atom stereocenters.